The minimum atomic E-state index is 0.118. The number of likely N-dealkylation sites (tertiary alicyclic amines) is 1. The van der Waals surface area contributed by atoms with E-state index in [0.717, 1.165) is 73.0 Å². The topological polar surface area (TPSA) is 56.2 Å². The molecule has 174 valence electrons. The molecule has 32 heavy (non-hydrogen) atoms. The number of rotatable bonds is 7. The van der Waals surface area contributed by atoms with Crippen LogP contribution in [0.1, 0.15) is 41.0 Å². The Morgan fingerprint density at radius 2 is 1.84 bits per heavy atom. The van der Waals surface area contributed by atoms with E-state index >= 15 is 0 Å². The zero-order valence-electron chi connectivity index (χ0n) is 19.7. The number of carbonyl (C=O) groups excluding carboxylic acids is 1. The Kier molecular flexibility index (Phi) is 7.06. The second kappa shape index (κ2) is 9.96. The zero-order valence-corrected chi connectivity index (χ0v) is 19.7. The van der Waals surface area contributed by atoms with Crippen LogP contribution < -0.4 is 9.47 Å². The van der Waals surface area contributed by atoms with Gasteiger partial charge in [0.1, 0.15) is 13.2 Å². The van der Waals surface area contributed by atoms with Crippen LogP contribution in [0.15, 0.2) is 24.3 Å². The lowest BCUT2D eigenvalue weighted by atomic mass is 10.0. The first-order valence-electron chi connectivity index (χ1n) is 11.6. The third kappa shape index (κ3) is 4.64. The van der Waals surface area contributed by atoms with Gasteiger partial charge in [0.05, 0.1) is 5.56 Å². The Bertz CT molecular complexity index is 947. The summed E-state index contributed by atoms with van der Waals surface area (Å²) in [5.41, 5.74) is 3.74. The molecule has 7 heteroatoms. The quantitative estimate of drug-likeness (QED) is 0.616. The molecule has 1 fully saturated rings. The minimum Gasteiger partial charge on any atom is -0.486 e. The van der Waals surface area contributed by atoms with Crippen LogP contribution in [0.25, 0.3) is 5.69 Å². The van der Waals surface area contributed by atoms with Crippen LogP contribution in [-0.4, -0.2) is 79.9 Å². The molecule has 1 aromatic heterocycles. The maximum atomic E-state index is 13.8. The summed E-state index contributed by atoms with van der Waals surface area (Å²) in [6.07, 6.45) is 2.86. The predicted molar refractivity (Wildman–Crippen MR) is 124 cm³/mol. The smallest absolute Gasteiger partial charge is 0.255 e. The van der Waals surface area contributed by atoms with Gasteiger partial charge in [-0.05, 0) is 71.4 Å². The van der Waals surface area contributed by atoms with E-state index in [2.05, 4.69) is 21.4 Å². The van der Waals surface area contributed by atoms with E-state index in [4.69, 9.17) is 14.2 Å². The van der Waals surface area contributed by atoms with E-state index in [1.54, 1.807) is 7.11 Å². The molecule has 0 saturated carbocycles. The van der Waals surface area contributed by atoms with Crippen LogP contribution in [0.3, 0.4) is 0 Å². The first-order valence-corrected chi connectivity index (χ1v) is 11.6. The first-order chi connectivity index (χ1) is 15.5. The average molecular weight is 442 g/mol. The molecule has 1 saturated heterocycles. The Hall–Kier alpha value is -2.51. The minimum absolute atomic E-state index is 0.118. The Morgan fingerprint density at radius 1 is 1.12 bits per heavy atom. The lowest BCUT2D eigenvalue weighted by Crippen LogP contribution is -2.47. The van der Waals surface area contributed by atoms with E-state index in [1.165, 1.54) is 0 Å². The number of aryl methyl sites for hydroxylation is 1. The van der Waals surface area contributed by atoms with Crippen molar-refractivity contribution in [3.05, 3.63) is 41.2 Å². The van der Waals surface area contributed by atoms with Crippen molar-refractivity contribution in [2.45, 2.75) is 39.2 Å². The van der Waals surface area contributed by atoms with Crippen molar-refractivity contribution in [3.63, 3.8) is 0 Å². The number of hydrogen-bond acceptors (Lipinski definition) is 5. The number of ether oxygens (including phenoxy) is 3. The van der Waals surface area contributed by atoms with Crippen LogP contribution in [-0.2, 0) is 4.74 Å². The van der Waals surface area contributed by atoms with E-state index in [0.29, 0.717) is 19.8 Å². The van der Waals surface area contributed by atoms with Crippen molar-refractivity contribution >= 4 is 5.91 Å². The predicted octanol–water partition coefficient (Wildman–Crippen LogP) is 3.44. The van der Waals surface area contributed by atoms with Gasteiger partial charge in [0.2, 0.25) is 0 Å². The summed E-state index contributed by atoms with van der Waals surface area (Å²) in [5.74, 6) is 1.64. The van der Waals surface area contributed by atoms with Gasteiger partial charge in [-0.25, -0.2) is 0 Å². The Labute approximate surface area is 190 Å². The van der Waals surface area contributed by atoms with Crippen molar-refractivity contribution in [1.29, 1.82) is 0 Å². The molecule has 0 spiro atoms. The summed E-state index contributed by atoms with van der Waals surface area (Å²) in [7, 11) is 3.86. The number of fused-ring (bicyclic) bond motifs is 1. The van der Waals surface area contributed by atoms with Gasteiger partial charge < -0.3 is 28.6 Å². The van der Waals surface area contributed by atoms with Crippen LogP contribution >= 0.6 is 0 Å². The number of piperidine rings is 1. The lowest BCUT2D eigenvalue weighted by molar-refractivity contribution is 0.0563. The summed E-state index contributed by atoms with van der Waals surface area (Å²) in [5, 5.41) is 0. The standard InChI is InChI=1S/C25H35N3O4/c1-18-16-22(19(2)28(18)21-6-7-23-24(17-21)32-15-14-31-23)25(29)27(10-5-13-30-4)20-8-11-26(3)12-9-20/h6-7,16-17,20H,5,8-15H2,1-4H3. The Balaban J connectivity index is 1.62. The van der Waals surface area contributed by atoms with Gasteiger partial charge in [-0.2, -0.15) is 0 Å². The highest BCUT2D eigenvalue weighted by molar-refractivity contribution is 5.96. The number of amides is 1. The van der Waals surface area contributed by atoms with Crippen molar-refractivity contribution in [2.75, 3.05) is 53.6 Å². The molecule has 1 aromatic carbocycles. The van der Waals surface area contributed by atoms with Gasteiger partial charge in [-0.3, -0.25) is 4.79 Å². The third-order valence-corrected chi connectivity index (χ3v) is 6.58. The summed E-state index contributed by atoms with van der Waals surface area (Å²) in [6.45, 7) is 8.62. The van der Waals surface area contributed by atoms with Gasteiger partial charge in [0.15, 0.2) is 11.5 Å². The largest absolute Gasteiger partial charge is 0.486 e. The van der Waals surface area contributed by atoms with E-state index in [1.807, 2.05) is 38.1 Å². The fourth-order valence-corrected chi connectivity index (χ4v) is 4.84. The maximum Gasteiger partial charge on any atom is 0.255 e. The number of aromatic nitrogens is 1. The molecule has 0 unspecified atom stereocenters. The normalized spacial score (nSPS) is 16.9. The number of hydrogen-bond donors (Lipinski definition) is 0. The number of methoxy groups -OCH3 is 1. The van der Waals surface area contributed by atoms with Crippen LogP contribution in [0.4, 0.5) is 0 Å². The number of benzene rings is 1. The number of nitrogens with zero attached hydrogens (tertiary/aromatic N) is 3. The van der Waals surface area contributed by atoms with E-state index < -0.39 is 0 Å². The summed E-state index contributed by atoms with van der Waals surface area (Å²) >= 11 is 0. The van der Waals surface area contributed by atoms with E-state index in [9.17, 15) is 4.79 Å². The average Bonchev–Trinajstić information content (AvgIpc) is 3.10. The second-order valence-corrected chi connectivity index (χ2v) is 8.83. The fourth-order valence-electron chi connectivity index (χ4n) is 4.84. The third-order valence-electron chi connectivity index (χ3n) is 6.58. The van der Waals surface area contributed by atoms with E-state index in [-0.39, 0.29) is 11.9 Å². The van der Waals surface area contributed by atoms with Gasteiger partial charge in [0, 0.05) is 49.4 Å². The SMILES string of the molecule is COCCCN(C(=O)c1cc(C)n(-c2ccc3c(c2)OCCO3)c1C)C1CCN(C)CC1. The first kappa shape index (κ1) is 22.7. The monoisotopic (exact) mass is 441 g/mol. The van der Waals surface area contributed by atoms with Gasteiger partial charge in [0.25, 0.3) is 5.91 Å². The molecule has 0 aliphatic carbocycles. The molecule has 2 aliphatic heterocycles. The van der Waals surface area contributed by atoms with Crippen LogP contribution in [0, 0.1) is 13.8 Å². The molecular formula is C25H35N3O4. The molecular weight excluding hydrogens is 406 g/mol. The molecule has 4 rings (SSSR count). The molecule has 0 radical (unpaired) electrons. The molecule has 0 bridgehead atoms. The molecule has 3 heterocycles. The summed E-state index contributed by atoms with van der Waals surface area (Å²) < 4.78 is 18.8. The van der Waals surface area contributed by atoms with Crippen molar-refractivity contribution in [3.8, 4) is 17.2 Å². The van der Waals surface area contributed by atoms with Crippen molar-refractivity contribution < 1.29 is 19.0 Å². The molecule has 2 aromatic rings. The fraction of sp³-hybridized carbons (Fsp3) is 0.560. The number of carbonyl (C=O) groups is 1. The lowest BCUT2D eigenvalue weighted by Gasteiger charge is -2.37. The van der Waals surface area contributed by atoms with Crippen LogP contribution in [0.2, 0.25) is 0 Å². The van der Waals surface area contributed by atoms with Crippen LogP contribution in [0.5, 0.6) is 11.5 Å². The second-order valence-electron chi connectivity index (χ2n) is 8.83. The van der Waals surface area contributed by atoms with Crippen molar-refractivity contribution in [1.82, 2.24) is 14.4 Å². The highest BCUT2D eigenvalue weighted by Crippen LogP contribution is 2.34. The molecule has 7 nitrogen and oxygen atoms in total. The van der Waals surface area contributed by atoms with Crippen molar-refractivity contribution in [2.24, 2.45) is 0 Å². The zero-order chi connectivity index (χ0) is 22.7. The summed E-state index contributed by atoms with van der Waals surface area (Å²) in [6, 6.07) is 8.26. The Morgan fingerprint density at radius 3 is 2.56 bits per heavy atom. The molecule has 2 aliphatic rings. The highest BCUT2D eigenvalue weighted by atomic mass is 16.6. The highest BCUT2D eigenvalue weighted by Gasteiger charge is 2.29. The molecule has 1 amide bonds. The maximum absolute atomic E-state index is 13.8. The molecule has 0 N–H and O–H groups in total. The van der Waals surface area contributed by atoms with Gasteiger partial charge in [-0.15, -0.1) is 0 Å². The van der Waals surface area contributed by atoms with Gasteiger partial charge >= 0.3 is 0 Å². The van der Waals surface area contributed by atoms with Gasteiger partial charge in [-0.1, -0.05) is 0 Å². The summed E-state index contributed by atoms with van der Waals surface area (Å²) in [4.78, 5) is 18.2. The molecule has 0 atom stereocenters.